The Bertz CT molecular complexity index is 691. The Kier molecular flexibility index (Phi) is 4.74. The SMILES string of the molecule is CC(=O)N1CCN(C(=O)c2ccc(NCc3ccco3)nn2)CC1. The average Bonchev–Trinajstić information content (AvgIpc) is 3.13. The van der Waals surface area contributed by atoms with Gasteiger partial charge in [0.1, 0.15) is 11.6 Å². The van der Waals surface area contributed by atoms with E-state index >= 15 is 0 Å². The Hall–Kier alpha value is -2.90. The third-order valence-corrected chi connectivity index (χ3v) is 3.92. The summed E-state index contributed by atoms with van der Waals surface area (Å²) in [6.07, 6.45) is 1.61. The van der Waals surface area contributed by atoms with Crippen molar-refractivity contribution < 1.29 is 14.0 Å². The van der Waals surface area contributed by atoms with Crippen LogP contribution in [0.25, 0.3) is 0 Å². The topological polar surface area (TPSA) is 91.6 Å². The number of hydrogen-bond acceptors (Lipinski definition) is 6. The molecule has 0 aromatic carbocycles. The van der Waals surface area contributed by atoms with E-state index in [4.69, 9.17) is 4.42 Å². The Labute approximate surface area is 139 Å². The highest BCUT2D eigenvalue weighted by molar-refractivity contribution is 5.92. The van der Waals surface area contributed by atoms with Crippen molar-refractivity contribution in [1.29, 1.82) is 0 Å². The Morgan fingerprint density at radius 3 is 2.46 bits per heavy atom. The first-order chi connectivity index (χ1) is 11.6. The summed E-state index contributed by atoms with van der Waals surface area (Å²) in [5.41, 5.74) is 0.301. The van der Waals surface area contributed by atoms with Crippen LogP contribution in [0.2, 0.25) is 0 Å². The van der Waals surface area contributed by atoms with Gasteiger partial charge in [-0.15, -0.1) is 10.2 Å². The summed E-state index contributed by atoms with van der Waals surface area (Å²) in [4.78, 5) is 27.2. The number of anilines is 1. The molecule has 8 nitrogen and oxygen atoms in total. The number of aromatic nitrogens is 2. The van der Waals surface area contributed by atoms with E-state index < -0.39 is 0 Å². The fourth-order valence-electron chi connectivity index (χ4n) is 2.52. The van der Waals surface area contributed by atoms with E-state index in [0.717, 1.165) is 5.76 Å². The monoisotopic (exact) mass is 329 g/mol. The lowest BCUT2D eigenvalue weighted by atomic mass is 10.2. The number of piperazine rings is 1. The molecule has 3 rings (SSSR count). The molecule has 126 valence electrons. The van der Waals surface area contributed by atoms with Gasteiger partial charge in [-0.2, -0.15) is 0 Å². The van der Waals surface area contributed by atoms with E-state index in [-0.39, 0.29) is 11.8 Å². The molecule has 1 N–H and O–H groups in total. The molecule has 24 heavy (non-hydrogen) atoms. The molecule has 1 aliphatic heterocycles. The molecule has 0 radical (unpaired) electrons. The molecule has 0 saturated carbocycles. The fraction of sp³-hybridized carbons (Fsp3) is 0.375. The quantitative estimate of drug-likeness (QED) is 0.899. The van der Waals surface area contributed by atoms with Crippen LogP contribution in [0, 0.1) is 0 Å². The zero-order chi connectivity index (χ0) is 16.9. The van der Waals surface area contributed by atoms with Gasteiger partial charge in [-0.1, -0.05) is 0 Å². The molecule has 0 unspecified atom stereocenters. The third kappa shape index (κ3) is 3.70. The largest absolute Gasteiger partial charge is 0.467 e. The van der Waals surface area contributed by atoms with Crippen molar-refractivity contribution in [1.82, 2.24) is 20.0 Å². The van der Waals surface area contributed by atoms with Crippen LogP contribution in [0.3, 0.4) is 0 Å². The summed E-state index contributed by atoms with van der Waals surface area (Å²) >= 11 is 0. The van der Waals surface area contributed by atoms with Crippen LogP contribution in [-0.2, 0) is 11.3 Å². The molecule has 1 aliphatic rings. The van der Waals surface area contributed by atoms with Gasteiger partial charge in [0.15, 0.2) is 5.69 Å². The smallest absolute Gasteiger partial charge is 0.274 e. The zero-order valence-electron chi connectivity index (χ0n) is 13.4. The highest BCUT2D eigenvalue weighted by Crippen LogP contribution is 2.10. The molecule has 2 aromatic rings. The second-order valence-electron chi connectivity index (χ2n) is 5.53. The molecule has 0 bridgehead atoms. The molecular weight excluding hydrogens is 310 g/mol. The minimum atomic E-state index is -0.164. The summed E-state index contributed by atoms with van der Waals surface area (Å²) in [5.74, 6) is 1.24. The summed E-state index contributed by atoms with van der Waals surface area (Å²) in [5, 5.41) is 11.1. The first-order valence-corrected chi connectivity index (χ1v) is 7.78. The van der Waals surface area contributed by atoms with Crippen molar-refractivity contribution >= 4 is 17.6 Å². The second kappa shape index (κ2) is 7.12. The number of hydrogen-bond donors (Lipinski definition) is 1. The summed E-state index contributed by atoms with van der Waals surface area (Å²) < 4.78 is 5.22. The van der Waals surface area contributed by atoms with Crippen LogP contribution >= 0.6 is 0 Å². The first kappa shape index (κ1) is 16.0. The number of carbonyl (C=O) groups excluding carboxylic acids is 2. The maximum absolute atomic E-state index is 12.4. The highest BCUT2D eigenvalue weighted by Gasteiger charge is 2.24. The van der Waals surface area contributed by atoms with E-state index in [9.17, 15) is 9.59 Å². The van der Waals surface area contributed by atoms with Crippen LogP contribution in [0.4, 0.5) is 5.82 Å². The second-order valence-corrected chi connectivity index (χ2v) is 5.53. The molecule has 2 aromatic heterocycles. The highest BCUT2D eigenvalue weighted by atomic mass is 16.3. The van der Waals surface area contributed by atoms with Gasteiger partial charge in [0.05, 0.1) is 12.8 Å². The molecular formula is C16H19N5O3. The maximum Gasteiger partial charge on any atom is 0.274 e. The van der Waals surface area contributed by atoms with Crippen molar-refractivity contribution in [3.8, 4) is 0 Å². The lowest BCUT2D eigenvalue weighted by Gasteiger charge is -2.33. The van der Waals surface area contributed by atoms with E-state index in [1.54, 1.807) is 28.2 Å². The third-order valence-electron chi connectivity index (χ3n) is 3.92. The molecule has 1 fully saturated rings. The number of amides is 2. The predicted molar refractivity (Wildman–Crippen MR) is 86.2 cm³/mol. The van der Waals surface area contributed by atoms with Gasteiger partial charge in [0, 0.05) is 33.1 Å². The molecule has 8 heteroatoms. The minimum absolute atomic E-state index is 0.0360. The molecule has 0 aliphatic carbocycles. The van der Waals surface area contributed by atoms with Crippen molar-refractivity contribution in [3.05, 3.63) is 42.0 Å². The maximum atomic E-state index is 12.4. The normalized spacial score (nSPS) is 14.5. The van der Waals surface area contributed by atoms with Crippen LogP contribution in [-0.4, -0.2) is 58.0 Å². The van der Waals surface area contributed by atoms with Gasteiger partial charge in [-0.25, -0.2) is 0 Å². The predicted octanol–water partition coefficient (Wildman–Crippen LogP) is 0.986. The van der Waals surface area contributed by atoms with Crippen LogP contribution in [0.1, 0.15) is 23.2 Å². The van der Waals surface area contributed by atoms with Crippen LogP contribution in [0.5, 0.6) is 0 Å². The molecule has 0 spiro atoms. The summed E-state index contributed by atoms with van der Waals surface area (Å²) in [7, 11) is 0. The van der Waals surface area contributed by atoms with E-state index in [1.165, 1.54) is 6.92 Å². The number of nitrogens with zero attached hydrogens (tertiary/aromatic N) is 4. The van der Waals surface area contributed by atoms with Crippen molar-refractivity contribution in [2.45, 2.75) is 13.5 Å². The van der Waals surface area contributed by atoms with Gasteiger partial charge >= 0.3 is 0 Å². The Balaban J connectivity index is 1.55. The zero-order valence-corrected chi connectivity index (χ0v) is 13.4. The number of carbonyl (C=O) groups is 2. The number of furan rings is 1. The van der Waals surface area contributed by atoms with Gasteiger partial charge in [0.2, 0.25) is 5.91 Å². The van der Waals surface area contributed by atoms with Gasteiger partial charge < -0.3 is 19.5 Å². The van der Waals surface area contributed by atoms with Crippen molar-refractivity contribution in [3.63, 3.8) is 0 Å². The fourth-order valence-corrected chi connectivity index (χ4v) is 2.52. The van der Waals surface area contributed by atoms with E-state index in [0.29, 0.717) is 44.2 Å². The number of nitrogens with one attached hydrogen (secondary N) is 1. The average molecular weight is 329 g/mol. The summed E-state index contributed by atoms with van der Waals surface area (Å²) in [6.45, 7) is 4.17. The Morgan fingerprint density at radius 1 is 1.12 bits per heavy atom. The van der Waals surface area contributed by atoms with E-state index in [2.05, 4.69) is 15.5 Å². The molecule has 2 amide bonds. The molecule has 3 heterocycles. The van der Waals surface area contributed by atoms with Crippen LogP contribution < -0.4 is 5.32 Å². The molecule has 1 saturated heterocycles. The summed E-state index contributed by atoms with van der Waals surface area (Å²) in [6, 6.07) is 7.04. The number of rotatable bonds is 4. The van der Waals surface area contributed by atoms with Crippen LogP contribution in [0.15, 0.2) is 34.9 Å². The van der Waals surface area contributed by atoms with Gasteiger partial charge in [-0.3, -0.25) is 9.59 Å². The van der Waals surface area contributed by atoms with Gasteiger partial charge in [-0.05, 0) is 24.3 Å². The van der Waals surface area contributed by atoms with Crippen molar-refractivity contribution in [2.75, 3.05) is 31.5 Å². The minimum Gasteiger partial charge on any atom is -0.467 e. The lowest BCUT2D eigenvalue weighted by molar-refractivity contribution is -0.130. The van der Waals surface area contributed by atoms with E-state index in [1.807, 2.05) is 12.1 Å². The standard InChI is InChI=1S/C16H19N5O3/c1-12(22)20-6-8-21(9-7-20)16(23)14-4-5-15(19-18-14)17-11-13-3-2-10-24-13/h2-5,10H,6-9,11H2,1H3,(H,17,19). The first-order valence-electron chi connectivity index (χ1n) is 7.78. The van der Waals surface area contributed by atoms with Gasteiger partial charge in [0.25, 0.3) is 5.91 Å². The lowest BCUT2D eigenvalue weighted by Crippen LogP contribution is -2.50. The Morgan fingerprint density at radius 2 is 1.88 bits per heavy atom. The van der Waals surface area contributed by atoms with Crippen molar-refractivity contribution in [2.24, 2.45) is 0 Å². The molecule has 0 atom stereocenters.